The summed E-state index contributed by atoms with van der Waals surface area (Å²) in [5.74, 6) is -0.373. The van der Waals surface area contributed by atoms with Crippen molar-refractivity contribution in [1.82, 2.24) is 20.0 Å². The van der Waals surface area contributed by atoms with Crippen molar-refractivity contribution in [1.29, 1.82) is 0 Å². The van der Waals surface area contributed by atoms with Crippen LogP contribution in [0.2, 0.25) is 0 Å². The molecule has 0 radical (unpaired) electrons. The van der Waals surface area contributed by atoms with Crippen molar-refractivity contribution in [3.8, 4) is 0 Å². The Hall–Kier alpha value is -1.69. The average Bonchev–Trinajstić information content (AvgIpc) is 2.84. The van der Waals surface area contributed by atoms with Gasteiger partial charge in [0.05, 0.1) is 31.4 Å². The summed E-state index contributed by atoms with van der Waals surface area (Å²) in [4.78, 5) is 24.6. The topological polar surface area (TPSA) is 67.2 Å². The van der Waals surface area contributed by atoms with Crippen LogP contribution < -0.4 is 5.32 Å². The average molecular weight is 264 g/mol. The SMILES string of the molecule is CCC(CC)n1ccc(CN2C(=O)CNCC2=O)n1. The number of nitrogens with zero attached hydrogens (tertiary/aromatic N) is 3. The molecule has 2 rings (SSSR count). The number of hydrogen-bond donors (Lipinski definition) is 1. The van der Waals surface area contributed by atoms with Crippen molar-refractivity contribution >= 4 is 11.8 Å². The third-order valence-electron chi connectivity index (χ3n) is 3.45. The van der Waals surface area contributed by atoms with Gasteiger partial charge in [-0.3, -0.25) is 24.5 Å². The molecule has 1 aromatic rings. The minimum atomic E-state index is -0.187. The molecule has 1 aliphatic rings. The van der Waals surface area contributed by atoms with Gasteiger partial charge in [-0.15, -0.1) is 0 Å². The molecule has 0 spiro atoms. The van der Waals surface area contributed by atoms with Crippen molar-refractivity contribution in [2.75, 3.05) is 13.1 Å². The Bertz CT molecular complexity index is 449. The van der Waals surface area contributed by atoms with Crippen LogP contribution >= 0.6 is 0 Å². The first-order valence-corrected chi connectivity index (χ1v) is 6.73. The van der Waals surface area contributed by atoms with Crippen LogP contribution in [0.1, 0.15) is 38.4 Å². The standard InChI is InChI=1S/C13H20N4O2/c1-3-11(4-2)17-6-5-10(15-17)9-16-12(18)7-14-8-13(16)19/h5-6,11,14H,3-4,7-9H2,1-2H3. The van der Waals surface area contributed by atoms with E-state index in [9.17, 15) is 9.59 Å². The Labute approximate surface area is 112 Å². The summed E-state index contributed by atoms with van der Waals surface area (Å²) in [6.07, 6.45) is 3.95. The molecule has 1 aliphatic heterocycles. The number of amides is 2. The fourth-order valence-electron chi connectivity index (χ4n) is 2.27. The van der Waals surface area contributed by atoms with Crippen molar-refractivity contribution < 1.29 is 9.59 Å². The Morgan fingerprint density at radius 1 is 1.26 bits per heavy atom. The predicted molar refractivity (Wildman–Crippen MR) is 70.3 cm³/mol. The zero-order valence-electron chi connectivity index (χ0n) is 11.4. The fourth-order valence-corrected chi connectivity index (χ4v) is 2.27. The van der Waals surface area contributed by atoms with E-state index in [1.165, 1.54) is 4.90 Å². The molecule has 1 fully saturated rings. The molecule has 2 heterocycles. The molecule has 0 aromatic carbocycles. The maximum absolute atomic E-state index is 11.7. The second-order valence-electron chi connectivity index (χ2n) is 4.73. The molecule has 0 bridgehead atoms. The van der Waals surface area contributed by atoms with Gasteiger partial charge in [0.1, 0.15) is 0 Å². The summed E-state index contributed by atoms with van der Waals surface area (Å²) in [6.45, 7) is 4.96. The highest BCUT2D eigenvalue weighted by atomic mass is 16.2. The summed E-state index contributed by atoms with van der Waals surface area (Å²) in [7, 11) is 0. The molecule has 1 N–H and O–H groups in total. The number of piperazine rings is 1. The molecule has 0 atom stereocenters. The number of carbonyl (C=O) groups is 2. The van der Waals surface area contributed by atoms with Gasteiger partial charge >= 0.3 is 0 Å². The number of hydrogen-bond acceptors (Lipinski definition) is 4. The number of carbonyl (C=O) groups excluding carboxylic acids is 2. The molecule has 0 saturated carbocycles. The van der Waals surface area contributed by atoms with Crippen LogP contribution in [0, 0.1) is 0 Å². The zero-order chi connectivity index (χ0) is 13.8. The van der Waals surface area contributed by atoms with Gasteiger partial charge in [0.2, 0.25) is 11.8 Å². The van der Waals surface area contributed by atoms with E-state index in [2.05, 4.69) is 24.3 Å². The number of nitrogens with one attached hydrogen (secondary N) is 1. The normalized spacial score (nSPS) is 16.5. The van der Waals surface area contributed by atoms with Crippen molar-refractivity contribution in [3.05, 3.63) is 18.0 Å². The van der Waals surface area contributed by atoms with Crippen molar-refractivity contribution in [2.45, 2.75) is 39.3 Å². The van der Waals surface area contributed by atoms with Gasteiger partial charge in [0.15, 0.2) is 0 Å². The Morgan fingerprint density at radius 3 is 2.47 bits per heavy atom. The molecule has 104 valence electrons. The largest absolute Gasteiger partial charge is 0.300 e. The smallest absolute Gasteiger partial charge is 0.243 e. The monoisotopic (exact) mass is 264 g/mol. The molecular weight excluding hydrogens is 244 g/mol. The highest BCUT2D eigenvalue weighted by molar-refractivity contribution is 5.99. The quantitative estimate of drug-likeness (QED) is 0.795. The fraction of sp³-hybridized carbons (Fsp3) is 0.615. The van der Waals surface area contributed by atoms with E-state index in [4.69, 9.17) is 0 Å². The van der Waals surface area contributed by atoms with Crippen LogP contribution in [0.4, 0.5) is 0 Å². The van der Waals surface area contributed by atoms with Gasteiger partial charge in [0.25, 0.3) is 0 Å². The van der Waals surface area contributed by atoms with Crippen molar-refractivity contribution in [2.24, 2.45) is 0 Å². The Kier molecular flexibility index (Phi) is 4.31. The number of aromatic nitrogens is 2. The first-order chi connectivity index (χ1) is 9.15. The van der Waals surface area contributed by atoms with Gasteiger partial charge < -0.3 is 0 Å². The molecule has 1 saturated heterocycles. The number of rotatable bonds is 5. The van der Waals surface area contributed by atoms with E-state index in [-0.39, 0.29) is 31.4 Å². The molecule has 0 unspecified atom stereocenters. The van der Waals surface area contributed by atoms with Gasteiger partial charge in [-0.25, -0.2) is 0 Å². The van der Waals surface area contributed by atoms with E-state index in [0.717, 1.165) is 18.5 Å². The maximum atomic E-state index is 11.7. The lowest BCUT2D eigenvalue weighted by atomic mass is 10.2. The molecular formula is C13H20N4O2. The minimum Gasteiger partial charge on any atom is -0.300 e. The van der Waals surface area contributed by atoms with Gasteiger partial charge in [-0.1, -0.05) is 13.8 Å². The minimum absolute atomic E-state index is 0.187. The first kappa shape index (κ1) is 13.7. The second-order valence-corrected chi connectivity index (χ2v) is 4.73. The van der Waals surface area contributed by atoms with E-state index >= 15 is 0 Å². The molecule has 2 amide bonds. The van der Waals surface area contributed by atoms with Crippen LogP contribution in [0.25, 0.3) is 0 Å². The van der Waals surface area contributed by atoms with Crippen LogP contribution in [0.5, 0.6) is 0 Å². The lowest BCUT2D eigenvalue weighted by Crippen LogP contribution is -2.51. The summed E-state index contributed by atoms with van der Waals surface area (Å²) in [5, 5.41) is 7.24. The van der Waals surface area contributed by atoms with Crippen LogP contribution in [-0.2, 0) is 16.1 Å². The van der Waals surface area contributed by atoms with Crippen LogP contribution in [-0.4, -0.2) is 39.6 Å². The lowest BCUT2D eigenvalue weighted by Gasteiger charge is -2.24. The maximum Gasteiger partial charge on any atom is 0.243 e. The molecule has 0 aliphatic carbocycles. The molecule has 6 heteroatoms. The van der Waals surface area contributed by atoms with E-state index in [0.29, 0.717) is 6.04 Å². The van der Waals surface area contributed by atoms with Gasteiger partial charge in [-0.2, -0.15) is 5.10 Å². The third-order valence-corrected chi connectivity index (χ3v) is 3.45. The van der Waals surface area contributed by atoms with Crippen LogP contribution in [0.3, 0.4) is 0 Å². The predicted octanol–water partition coefficient (Wildman–Crippen LogP) is 0.703. The van der Waals surface area contributed by atoms with E-state index in [1.54, 1.807) is 0 Å². The van der Waals surface area contributed by atoms with Gasteiger partial charge in [0, 0.05) is 6.20 Å². The summed E-state index contributed by atoms with van der Waals surface area (Å²) in [6, 6.07) is 2.25. The highest BCUT2D eigenvalue weighted by Crippen LogP contribution is 2.15. The third kappa shape index (κ3) is 3.01. The number of imide groups is 1. The molecule has 19 heavy (non-hydrogen) atoms. The van der Waals surface area contributed by atoms with E-state index in [1.807, 2.05) is 16.9 Å². The highest BCUT2D eigenvalue weighted by Gasteiger charge is 2.26. The molecule has 1 aromatic heterocycles. The Balaban J connectivity index is 2.07. The molecule has 6 nitrogen and oxygen atoms in total. The zero-order valence-corrected chi connectivity index (χ0v) is 11.4. The second kappa shape index (κ2) is 5.97. The summed E-state index contributed by atoms with van der Waals surface area (Å²) >= 11 is 0. The van der Waals surface area contributed by atoms with Crippen LogP contribution in [0.15, 0.2) is 12.3 Å². The van der Waals surface area contributed by atoms with Gasteiger partial charge in [-0.05, 0) is 18.9 Å². The van der Waals surface area contributed by atoms with E-state index < -0.39 is 0 Å². The lowest BCUT2D eigenvalue weighted by molar-refractivity contribution is -0.147. The summed E-state index contributed by atoms with van der Waals surface area (Å²) in [5.41, 5.74) is 0.760. The van der Waals surface area contributed by atoms with Crippen molar-refractivity contribution in [3.63, 3.8) is 0 Å². The summed E-state index contributed by atoms with van der Waals surface area (Å²) < 4.78 is 1.92. The Morgan fingerprint density at radius 2 is 1.89 bits per heavy atom. The first-order valence-electron chi connectivity index (χ1n) is 6.73.